The summed E-state index contributed by atoms with van der Waals surface area (Å²) >= 11 is 5.95. The maximum Gasteiger partial charge on any atom is 0.263 e. The van der Waals surface area contributed by atoms with E-state index in [1.54, 1.807) is 43.6 Å². The highest BCUT2D eigenvalue weighted by Gasteiger charge is 2.27. The molecule has 1 saturated heterocycles. The lowest BCUT2D eigenvalue weighted by molar-refractivity contribution is -0.139. The zero-order valence-corrected chi connectivity index (χ0v) is 14.9. The molecule has 0 N–H and O–H groups in total. The van der Waals surface area contributed by atoms with Crippen LogP contribution in [0.25, 0.3) is 0 Å². The number of carbonyl (C=O) groups excluding carboxylic acids is 1. The zero-order valence-electron chi connectivity index (χ0n) is 14.1. The number of hydrogen-bond donors (Lipinski definition) is 0. The van der Waals surface area contributed by atoms with Crippen molar-refractivity contribution in [3.8, 4) is 11.5 Å². The van der Waals surface area contributed by atoms with Crippen LogP contribution in [0.4, 0.5) is 0 Å². The number of rotatable bonds is 5. The lowest BCUT2D eigenvalue weighted by Crippen LogP contribution is -2.46. The van der Waals surface area contributed by atoms with Crippen molar-refractivity contribution in [3.05, 3.63) is 53.8 Å². The van der Waals surface area contributed by atoms with Crippen molar-refractivity contribution in [2.75, 3.05) is 13.1 Å². The van der Waals surface area contributed by atoms with Crippen molar-refractivity contribution in [2.24, 2.45) is 0 Å². The Kier molecular flexibility index (Phi) is 5.76. The molecule has 1 aromatic carbocycles. The number of hydrogen-bond acceptors (Lipinski definition) is 4. The monoisotopic (exact) mass is 360 g/mol. The molecule has 132 valence electrons. The Balaban J connectivity index is 1.49. The van der Waals surface area contributed by atoms with Crippen LogP contribution in [0.15, 0.2) is 48.8 Å². The molecule has 1 amide bonds. The largest absolute Gasteiger partial charge is 0.489 e. The molecule has 2 aromatic rings. The maximum atomic E-state index is 12.6. The zero-order chi connectivity index (χ0) is 17.6. The molecule has 0 aliphatic carbocycles. The van der Waals surface area contributed by atoms with Crippen LogP contribution in [0.1, 0.15) is 19.8 Å². The first-order valence-corrected chi connectivity index (χ1v) is 8.77. The standard InChI is InChI=1S/C19H21ClN2O3/c1-14(24-17-5-2-4-15(20)12-17)19(23)22-10-7-16(8-11-22)25-18-6-3-9-21-13-18/h2-6,9,12-14,16H,7-8,10-11H2,1H3. The second kappa shape index (κ2) is 8.21. The molecule has 1 aliphatic rings. The van der Waals surface area contributed by atoms with Crippen LogP contribution in [0, 0.1) is 0 Å². The highest BCUT2D eigenvalue weighted by molar-refractivity contribution is 6.30. The van der Waals surface area contributed by atoms with E-state index in [9.17, 15) is 4.79 Å². The van der Waals surface area contributed by atoms with Gasteiger partial charge in [-0.2, -0.15) is 0 Å². The molecular formula is C19H21ClN2O3. The van der Waals surface area contributed by atoms with Gasteiger partial charge in [0.15, 0.2) is 6.10 Å². The molecular weight excluding hydrogens is 340 g/mol. The van der Waals surface area contributed by atoms with Gasteiger partial charge in [-0.15, -0.1) is 0 Å². The first-order valence-electron chi connectivity index (χ1n) is 8.39. The molecule has 0 radical (unpaired) electrons. The summed E-state index contributed by atoms with van der Waals surface area (Å²) in [6.07, 6.45) is 4.58. The molecule has 0 bridgehead atoms. The number of amides is 1. The number of nitrogens with zero attached hydrogens (tertiary/aromatic N) is 2. The number of carbonyl (C=O) groups is 1. The Bertz CT molecular complexity index is 703. The van der Waals surface area contributed by atoms with E-state index in [4.69, 9.17) is 21.1 Å². The van der Waals surface area contributed by atoms with Crippen molar-refractivity contribution >= 4 is 17.5 Å². The third-order valence-electron chi connectivity index (χ3n) is 4.15. The molecule has 5 nitrogen and oxygen atoms in total. The molecule has 25 heavy (non-hydrogen) atoms. The predicted molar refractivity (Wildman–Crippen MR) is 96.0 cm³/mol. The third kappa shape index (κ3) is 4.86. The SMILES string of the molecule is CC(Oc1cccc(Cl)c1)C(=O)N1CCC(Oc2cccnc2)CC1. The van der Waals surface area contributed by atoms with E-state index in [1.165, 1.54) is 0 Å². The molecule has 1 atom stereocenters. The van der Waals surface area contributed by atoms with Crippen LogP contribution in [0.2, 0.25) is 5.02 Å². The first-order chi connectivity index (χ1) is 12.1. The fraction of sp³-hybridized carbons (Fsp3) is 0.368. The maximum absolute atomic E-state index is 12.6. The van der Waals surface area contributed by atoms with E-state index < -0.39 is 6.10 Å². The highest BCUT2D eigenvalue weighted by atomic mass is 35.5. The molecule has 1 unspecified atom stereocenters. The number of benzene rings is 1. The van der Waals surface area contributed by atoms with Gasteiger partial charge < -0.3 is 14.4 Å². The van der Waals surface area contributed by atoms with Gasteiger partial charge in [0.05, 0.1) is 6.20 Å². The van der Waals surface area contributed by atoms with Gasteiger partial charge in [-0.05, 0) is 37.3 Å². The topological polar surface area (TPSA) is 51.7 Å². The fourth-order valence-corrected chi connectivity index (χ4v) is 3.04. The molecule has 2 heterocycles. The smallest absolute Gasteiger partial charge is 0.263 e. The van der Waals surface area contributed by atoms with E-state index in [0.29, 0.717) is 23.9 Å². The van der Waals surface area contributed by atoms with Gasteiger partial charge in [-0.25, -0.2) is 0 Å². The quantitative estimate of drug-likeness (QED) is 0.817. The number of aromatic nitrogens is 1. The number of ether oxygens (including phenoxy) is 2. The normalized spacial score (nSPS) is 16.3. The van der Waals surface area contributed by atoms with Gasteiger partial charge in [0.25, 0.3) is 5.91 Å². The molecule has 1 fully saturated rings. The molecule has 0 spiro atoms. The summed E-state index contributed by atoms with van der Waals surface area (Å²) < 4.78 is 11.6. The Morgan fingerprint density at radius 2 is 2.00 bits per heavy atom. The van der Waals surface area contributed by atoms with Crippen LogP contribution < -0.4 is 9.47 Å². The van der Waals surface area contributed by atoms with Crippen LogP contribution >= 0.6 is 11.6 Å². The summed E-state index contributed by atoms with van der Waals surface area (Å²) in [6, 6.07) is 10.8. The number of halogens is 1. The molecule has 1 aromatic heterocycles. The first kappa shape index (κ1) is 17.5. The van der Waals surface area contributed by atoms with Gasteiger partial charge in [0.1, 0.15) is 17.6 Å². The number of likely N-dealkylation sites (tertiary alicyclic amines) is 1. The van der Waals surface area contributed by atoms with Gasteiger partial charge in [-0.1, -0.05) is 17.7 Å². The molecule has 6 heteroatoms. The minimum absolute atomic E-state index is 0.0141. The fourth-order valence-electron chi connectivity index (χ4n) is 2.86. The van der Waals surface area contributed by atoms with E-state index in [1.807, 2.05) is 17.0 Å². The lowest BCUT2D eigenvalue weighted by Gasteiger charge is -2.33. The van der Waals surface area contributed by atoms with Crippen LogP contribution in [-0.2, 0) is 4.79 Å². The Morgan fingerprint density at radius 1 is 1.24 bits per heavy atom. The van der Waals surface area contributed by atoms with Crippen molar-refractivity contribution in [2.45, 2.75) is 32.0 Å². The Hall–Kier alpha value is -2.27. The summed E-state index contributed by atoms with van der Waals surface area (Å²) in [6.45, 7) is 3.08. The Morgan fingerprint density at radius 3 is 2.68 bits per heavy atom. The average molecular weight is 361 g/mol. The minimum Gasteiger partial charge on any atom is -0.489 e. The summed E-state index contributed by atoms with van der Waals surface area (Å²) in [5.41, 5.74) is 0. The van der Waals surface area contributed by atoms with Crippen LogP contribution in [0.5, 0.6) is 11.5 Å². The van der Waals surface area contributed by atoms with Crippen LogP contribution in [-0.4, -0.2) is 41.1 Å². The summed E-state index contributed by atoms with van der Waals surface area (Å²) in [5, 5.41) is 0.588. The molecule has 3 rings (SSSR count). The van der Waals surface area contributed by atoms with E-state index in [2.05, 4.69) is 4.98 Å². The average Bonchev–Trinajstić information content (AvgIpc) is 2.62. The molecule has 1 aliphatic heterocycles. The summed E-state index contributed by atoms with van der Waals surface area (Å²) in [4.78, 5) is 18.4. The molecule has 0 saturated carbocycles. The Labute approximate surface area is 152 Å². The summed E-state index contributed by atoms with van der Waals surface area (Å²) in [7, 11) is 0. The predicted octanol–water partition coefficient (Wildman–Crippen LogP) is 3.57. The van der Waals surface area contributed by atoms with Gasteiger partial charge in [-0.3, -0.25) is 9.78 Å². The van der Waals surface area contributed by atoms with Crippen molar-refractivity contribution < 1.29 is 14.3 Å². The number of piperidine rings is 1. The second-order valence-electron chi connectivity index (χ2n) is 6.05. The lowest BCUT2D eigenvalue weighted by atomic mass is 10.1. The van der Waals surface area contributed by atoms with Crippen LogP contribution in [0.3, 0.4) is 0 Å². The van der Waals surface area contributed by atoms with Gasteiger partial charge >= 0.3 is 0 Å². The highest BCUT2D eigenvalue weighted by Crippen LogP contribution is 2.21. The van der Waals surface area contributed by atoms with Crippen molar-refractivity contribution in [1.29, 1.82) is 0 Å². The third-order valence-corrected chi connectivity index (χ3v) is 4.38. The minimum atomic E-state index is -0.547. The second-order valence-corrected chi connectivity index (χ2v) is 6.49. The van der Waals surface area contributed by atoms with E-state index >= 15 is 0 Å². The van der Waals surface area contributed by atoms with Crippen molar-refractivity contribution in [1.82, 2.24) is 9.88 Å². The number of pyridine rings is 1. The van der Waals surface area contributed by atoms with Crippen molar-refractivity contribution in [3.63, 3.8) is 0 Å². The van der Waals surface area contributed by atoms with E-state index in [-0.39, 0.29) is 12.0 Å². The van der Waals surface area contributed by atoms with Gasteiger partial charge in [0, 0.05) is 37.2 Å². The summed E-state index contributed by atoms with van der Waals surface area (Å²) in [5.74, 6) is 1.35. The van der Waals surface area contributed by atoms with Gasteiger partial charge in [0.2, 0.25) is 0 Å². The van der Waals surface area contributed by atoms with E-state index in [0.717, 1.165) is 18.6 Å².